The normalized spacial score (nSPS) is 20.5. The van der Waals surface area contributed by atoms with E-state index in [1.807, 2.05) is 30.3 Å². The van der Waals surface area contributed by atoms with E-state index < -0.39 is 0 Å². The minimum Gasteiger partial charge on any atom is -0.273 e. The van der Waals surface area contributed by atoms with Gasteiger partial charge < -0.3 is 0 Å². The molecule has 1 aliphatic rings. The predicted octanol–water partition coefficient (Wildman–Crippen LogP) is 3.47. The van der Waals surface area contributed by atoms with Crippen LogP contribution in [-0.2, 0) is 4.79 Å². The highest BCUT2D eigenvalue weighted by atomic mass is 19.1. The summed E-state index contributed by atoms with van der Waals surface area (Å²) in [5, 5.41) is 4.11. The van der Waals surface area contributed by atoms with Crippen LogP contribution in [-0.4, -0.2) is 11.6 Å². The number of carbonyl (C=O) groups is 1. The molecule has 2 atom stereocenters. The van der Waals surface area contributed by atoms with E-state index in [4.69, 9.17) is 0 Å². The third kappa shape index (κ3) is 3.22. The molecule has 0 heterocycles. The van der Waals surface area contributed by atoms with E-state index in [1.54, 1.807) is 19.1 Å². The molecule has 1 aliphatic carbocycles. The molecule has 1 N–H and O–H groups in total. The van der Waals surface area contributed by atoms with Crippen molar-refractivity contribution in [3.05, 3.63) is 71.5 Å². The Kier molecular flexibility index (Phi) is 4.00. The number of hydrazone groups is 1. The van der Waals surface area contributed by atoms with Crippen LogP contribution in [0.3, 0.4) is 0 Å². The van der Waals surface area contributed by atoms with E-state index in [0.717, 1.165) is 12.0 Å². The molecule has 0 unspecified atom stereocenters. The van der Waals surface area contributed by atoms with Gasteiger partial charge in [-0.15, -0.1) is 0 Å². The molecule has 112 valence electrons. The quantitative estimate of drug-likeness (QED) is 0.681. The SMILES string of the molecule is C/C(=N\NC(=O)[C@H]1C[C@@H]1c1ccccc1)c1ccc(F)cc1. The minimum atomic E-state index is -0.288. The highest BCUT2D eigenvalue weighted by Gasteiger charge is 2.43. The number of hydrogen-bond acceptors (Lipinski definition) is 2. The Balaban J connectivity index is 1.59. The van der Waals surface area contributed by atoms with E-state index in [1.165, 1.54) is 17.7 Å². The Labute approximate surface area is 128 Å². The molecule has 22 heavy (non-hydrogen) atoms. The molecule has 0 aliphatic heterocycles. The Bertz CT molecular complexity index is 695. The molecule has 2 aromatic rings. The van der Waals surface area contributed by atoms with Crippen molar-refractivity contribution in [3.63, 3.8) is 0 Å². The van der Waals surface area contributed by atoms with Gasteiger partial charge in [0.1, 0.15) is 5.82 Å². The lowest BCUT2D eigenvalue weighted by molar-refractivity contribution is -0.122. The first-order valence-electron chi connectivity index (χ1n) is 7.30. The topological polar surface area (TPSA) is 41.5 Å². The molecule has 0 spiro atoms. The summed E-state index contributed by atoms with van der Waals surface area (Å²) in [6.07, 6.45) is 0.862. The van der Waals surface area contributed by atoms with Gasteiger partial charge in [-0.1, -0.05) is 42.5 Å². The van der Waals surface area contributed by atoms with Gasteiger partial charge in [0.15, 0.2) is 0 Å². The molecular weight excluding hydrogens is 279 g/mol. The maximum absolute atomic E-state index is 12.9. The molecule has 0 bridgehead atoms. The van der Waals surface area contributed by atoms with Gasteiger partial charge in [0.2, 0.25) is 5.91 Å². The van der Waals surface area contributed by atoms with E-state index in [-0.39, 0.29) is 17.6 Å². The lowest BCUT2D eigenvalue weighted by Gasteiger charge is -2.03. The summed E-state index contributed by atoms with van der Waals surface area (Å²) in [5.74, 6) is -0.0609. The van der Waals surface area contributed by atoms with Crippen LogP contribution in [0.25, 0.3) is 0 Å². The van der Waals surface area contributed by atoms with Crippen LogP contribution in [0.1, 0.15) is 30.4 Å². The largest absolute Gasteiger partial charge is 0.273 e. The monoisotopic (exact) mass is 296 g/mol. The van der Waals surface area contributed by atoms with Crippen LogP contribution in [0.15, 0.2) is 59.7 Å². The number of nitrogens with zero attached hydrogens (tertiary/aromatic N) is 1. The highest BCUT2D eigenvalue weighted by molar-refractivity contribution is 5.99. The van der Waals surface area contributed by atoms with E-state index in [0.29, 0.717) is 11.6 Å². The second kappa shape index (κ2) is 6.10. The number of rotatable bonds is 4. The lowest BCUT2D eigenvalue weighted by atomic mass is 10.1. The van der Waals surface area contributed by atoms with Crippen LogP contribution in [0, 0.1) is 11.7 Å². The van der Waals surface area contributed by atoms with Crippen molar-refractivity contribution >= 4 is 11.6 Å². The van der Waals surface area contributed by atoms with E-state index in [9.17, 15) is 9.18 Å². The first kappa shape index (κ1) is 14.4. The molecule has 1 fully saturated rings. The molecular formula is C18H17FN2O. The van der Waals surface area contributed by atoms with Gasteiger partial charge in [0.25, 0.3) is 0 Å². The summed E-state index contributed by atoms with van der Waals surface area (Å²) in [5.41, 5.74) is 5.26. The van der Waals surface area contributed by atoms with Crippen LogP contribution >= 0.6 is 0 Å². The van der Waals surface area contributed by atoms with Gasteiger partial charge in [-0.25, -0.2) is 9.82 Å². The second-order valence-electron chi connectivity index (χ2n) is 5.54. The maximum Gasteiger partial charge on any atom is 0.243 e. The number of nitrogens with one attached hydrogen (secondary N) is 1. The van der Waals surface area contributed by atoms with Gasteiger partial charge in [-0.3, -0.25) is 4.79 Å². The fourth-order valence-corrected chi connectivity index (χ4v) is 2.53. The summed E-state index contributed by atoms with van der Waals surface area (Å²) in [7, 11) is 0. The molecule has 3 nitrogen and oxygen atoms in total. The smallest absolute Gasteiger partial charge is 0.243 e. The molecule has 1 amide bonds. The number of carbonyl (C=O) groups excluding carboxylic acids is 1. The zero-order valence-electron chi connectivity index (χ0n) is 12.3. The molecule has 3 rings (SSSR count). The van der Waals surface area contributed by atoms with Gasteiger partial charge in [-0.05, 0) is 42.5 Å². The summed E-state index contributed by atoms with van der Waals surface area (Å²) in [6.45, 7) is 1.79. The van der Waals surface area contributed by atoms with Crippen LogP contribution in [0.5, 0.6) is 0 Å². The van der Waals surface area contributed by atoms with Gasteiger partial charge >= 0.3 is 0 Å². The number of amides is 1. The average molecular weight is 296 g/mol. The second-order valence-corrected chi connectivity index (χ2v) is 5.54. The highest BCUT2D eigenvalue weighted by Crippen LogP contribution is 2.47. The Morgan fingerprint density at radius 2 is 1.82 bits per heavy atom. The van der Waals surface area contributed by atoms with Crippen molar-refractivity contribution in [3.8, 4) is 0 Å². The molecule has 4 heteroatoms. The molecule has 0 aromatic heterocycles. The number of halogens is 1. The van der Waals surface area contributed by atoms with Crippen molar-refractivity contribution in [1.82, 2.24) is 5.43 Å². The van der Waals surface area contributed by atoms with Crippen LogP contribution in [0.2, 0.25) is 0 Å². The first-order chi connectivity index (χ1) is 10.6. The molecule has 0 saturated heterocycles. The van der Waals surface area contributed by atoms with Crippen LogP contribution < -0.4 is 5.43 Å². The first-order valence-corrected chi connectivity index (χ1v) is 7.30. The maximum atomic E-state index is 12.9. The van der Waals surface area contributed by atoms with Gasteiger partial charge in [-0.2, -0.15) is 5.10 Å². The fourth-order valence-electron chi connectivity index (χ4n) is 2.53. The lowest BCUT2D eigenvalue weighted by Crippen LogP contribution is -2.21. The van der Waals surface area contributed by atoms with Gasteiger partial charge in [0, 0.05) is 5.92 Å². The Hall–Kier alpha value is -2.49. The summed E-state index contributed by atoms with van der Waals surface area (Å²) in [4.78, 5) is 12.1. The zero-order valence-corrected chi connectivity index (χ0v) is 12.3. The minimum absolute atomic E-state index is 0.00725. The van der Waals surface area contributed by atoms with Crippen molar-refractivity contribution in [1.29, 1.82) is 0 Å². The summed E-state index contributed by atoms with van der Waals surface area (Å²) < 4.78 is 12.9. The molecule has 1 saturated carbocycles. The fraction of sp³-hybridized carbons (Fsp3) is 0.222. The molecule has 2 aromatic carbocycles. The van der Waals surface area contributed by atoms with Crippen molar-refractivity contribution in [2.75, 3.05) is 0 Å². The summed E-state index contributed by atoms with van der Waals surface area (Å²) >= 11 is 0. The van der Waals surface area contributed by atoms with Crippen LogP contribution in [0.4, 0.5) is 4.39 Å². The Morgan fingerprint density at radius 3 is 2.50 bits per heavy atom. The van der Waals surface area contributed by atoms with Crippen molar-refractivity contribution in [2.45, 2.75) is 19.3 Å². The van der Waals surface area contributed by atoms with E-state index in [2.05, 4.69) is 10.5 Å². The predicted molar refractivity (Wildman–Crippen MR) is 84.0 cm³/mol. The van der Waals surface area contributed by atoms with Gasteiger partial charge in [0.05, 0.1) is 5.71 Å². The Morgan fingerprint density at radius 1 is 1.14 bits per heavy atom. The third-order valence-corrected chi connectivity index (χ3v) is 3.95. The average Bonchev–Trinajstić information content (AvgIpc) is 3.34. The number of benzene rings is 2. The van der Waals surface area contributed by atoms with Crippen molar-refractivity contribution in [2.24, 2.45) is 11.0 Å². The third-order valence-electron chi connectivity index (χ3n) is 3.95. The van der Waals surface area contributed by atoms with E-state index >= 15 is 0 Å². The number of hydrogen-bond donors (Lipinski definition) is 1. The zero-order chi connectivity index (χ0) is 15.5. The molecule has 0 radical (unpaired) electrons. The standard InChI is InChI=1S/C18H17FN2O/c1-12(13-7-9-15(19)10-8-13)20-21-18(22)17-11-16(17)14-5-3-2-4-6-14/h2-10,16-17H,11H2,1H3,(H,21,22)/b20-12+/t16-,17+/m1/s1. The van der Waals surface area contributed by atoms with Crippen molar-refractivity contribution < 1.29 is 9.18 Å². The summed E-state index contributed by atoms with van der Waals surface area (Å²) in [6, 6.07) is 16.1.